The van der Waals surface area contributed by atoms with Gasteiger partial charge in [-0.15, -0.1) is 11.3 Å². The summed E-state index contributed by atoms with van der Waals surface area (Å²) in [6.45, 7) is 4.44. The molecule has 0 aliphatic heterocycles. The topological polar surface area (TPSA) is 64.0 Å². The van der Waals surface area contributed by atoms with Crippen molar-refractivity contribution in [3.8, 4) is 0 Å². The van der Waals surface area contributed by atoms with E-state index in [2.05, 4.69) is 10.3 Å². The largest absolute Gasteiger partial charge is 0.354 e. The first-order valence-electron chi connectivity index (χ1n) is 7.93. The third-order valence-corrected chi connectivity index (χ3v) is 5.29. The summed E-state index contributed by atoms with van der Waals surface area (Å²) in [5.41, 5.74) is 1.69. The number of nitrogens with zero attached hydrogens (tertiary/aromatic N) is 2. The fourth-order valence-corrected chi connectivity index (χ4v) is 4.12. The Morgan fingerprint density at radius 3 is 3.13 bits per heavy atom. The monoisotopic (exact) mass is 331 g/mol. The van der Waals surface area contributed by atoms with Crippen LogP contribution >= 0.6 is 11.3 Å². The number of thiazole rings is 1. The normalized spacial score (nSPS) is 16.9. The van der Waals surface area contributed by atoms with Gasteiger partial charge < -0.3 is 9.88 Å². The number of hydrogen-bond acceptors (Lipinski definition) is 4. The van der Waals surface area contributed by atoms with Crippen molar-refractivity contribution in [1.82, 2.24) is 14.9 Å². The second-order valence-electron chi connectivity index (χ2n) is 6.06. The van der Waals surface area contributed by atoms with Gasteiger partial charge in [-0.05, 0) is 39.2 Å². The number of carbonyl (C=O) groups excluding carboxylic acids is 1. The first-order chi connectivity index (χ1) is 11.0. The van der Waals surface area contributed by atoms with Gasteiger partial charge in [-0.3, -0.25) is 9.59 Å². The van der Waals surface area contributed by atoms with Gasteiger partial charge in [0.2, 0.25) is 5.91 Å². The van der Waals surface area contributed by atoms with Gasteiger partial charge in [0.25, 0.3) is 5.56 Å². The Morgan fingerprint density at radius 1 is 1.48 bits per heavy atom. The van der Waals surface area contributed by atoms with Crippen molar-refractivity contribution in [3.63, 3.8) is 0 Å². The van der Waals surface area contributed by atoms with E-state index < -0.39 is 0 Å². The van der Waals surface area contributed by atoms with E-state index in [9.17, 15) is 9.59 Å². The van der Waals surface area contributed by atoms with Gasteiger partial charge in [0.15, 0.2) is 0 Å². The predicted octanol–water partition coefficient (Wildman–Crippen LogP) is 2.16. The molecule has 5 nitrogen and oxygen atoms in total. The summed E-state index contributed by atoms with van der Waals surface area (Å²) in [7, 11) is 0. The number of carbonyl (C=O) groups is 1. The summed E-state index contributed by atoms with van der Waals surface area (Å²) in [5.74, 6) is 0.165. The van der Waals surface area contributed by atoms with E-state index in [1.54, 1.807) is 36.6 Å². The van der Waals surface area contributed by atoms with Crippen LogP contribution in [0.5, 0.6) is 0 Å². The number of fused-ring (bicyclic) bond motifs is 1. The molecule has 0 fully saturated rings. The van der Waals surface area contributed by atoms with E-state index >= 15 is 0 Å². The smallest absolute Gasteiger partial charge is 0.253 e. The highest BCUT2D eigenvalue weighted by Gasteiger charge is 2.24. The van der Waals surface area contributed by atoms with Crippen molar-refractivity contribution >= 4 is 17.2 Å². The molecule has 0 aromatic carbocycles. The van der Waals surface area contributed by atoms with Crippen molar-refractivity contribution in [1.29, 1.82) is 0 Å². The molecule has 1 atom stereocenters. The molecule has 1 N–H and O–H groups in total. The number of amides is 1. The first-order valence-corrected chi connectivity index (χ1v) is 8.75. The number of rotatable bonds is 4. The van der Waals surface area contributed by atoms with Gasteiger partial charge in [0.05, 0.1) is 10.7 Å². The molecule has 0 bridgehead atoms. The van der Waals surface area contributed by atoms with Gasteiger partial charge in [-0.25, -0.2) is 4.98 Å². The summed E-state index contributed by atoms with van der Waals surface area (Å²) in [6.07, 6.45) is 4.95. The van der Waals surface area contributed by atoms with Gasteiger partial charge in [-0.2, -0.15) is 0 Å². The van der Waals surface area contributed by atoms with Crippen LogP contribution in [0.4, 0.5) is 0 Å². The molecule has 23 heavy (non-hydrogen) atoms. The van der Waals surface area contributed by atoms with Crippen molar-refractivity contribution in [2.75, 3.05) is 6.54 Å². The third kappa shape index (κ3) is 3.52. The highest BCUT2D eigenvalue weighted by molar-refractivity contribution is 7.11. The molecule has 6 heteroatoms. The third-order valence-electron chi connectivity index (χ3n) is 4.25. The van der Waals surface area contributed by atoms with Crippen molar-refractivity contribution in [2.24, 2.45) is 0 Å². The van der Waals surface area contributed by atoms with Crippen LogP contribution in [0, 0.1) is 13.8 Å². The van der Waals surface area contributed by atoms with E-state index in [-0.39, 0.29) is 18.0 Å². The molecule has 1 aliphatic carbocycles. The molecule has 0 spiro atoms. The molecule has 3 rings (SSSR count). The standard InChI is InChI=1S/C17H21N3O2S/c1-11-5-4-8-20(17(11)22)10-15(21)18-9-13-6-3-7-14-16(13)19-12(2)23-14/h4-5,8,13H,3,6-7,9-10H2,1-2H3,(H,18,21). The molecular weight excluding hydrogens is 310 g/mol. The van der Waals surface area contributed by atoms with E-state index in [4.69, 9.17) is 0 Å². The number of aryl methyl sites for hydroxylation is 3. The minimum atomic E-state index is -0.128. The Balaban J connectivity index is 1.62. The quantitative estimate of drug-likeness (QED) is 0.934. The number of nitrogens with one attached hydrogen (secondary N) is 1. The molecule has 122 valence electrons. The molecule has 1 unspecified atom stereocenters. The lowest BCUT2D eigenvalue weighted by atomic mass is 9.91. The van der Waals surface area contributed by atoms with Crippen LogP contribution in [0.3, 0.4) is 0 Å². The molecule has 0 radical (unpaired) electrons. The average molecular weight is 331 g/mol. The first kappa shape index (κ1) is 15.9. The number of aromatic nitrogens is 2. The Kier molecular flexibility index (Phi) is 4.61. The van der Waals surface area contributed by atoms with Gasteiger partial charge in [0.1, 0.15) is 6.54 Å². The maximum atomic E-state index is 12.1. The summed E-state index contributed by atoms with van der Waals surface area (Å²) in [6, 6.07) is 3.54. The highest BCUT2D eigenvalue weighted by Crippen LogP contribution is 2.34. The van der Waals surface area contributed by atoms with Crippen LogP contribution in [0.25, 0.3) is 0 Å². The zero-order valence-corrected chi connectivity index (χ0v) is 14.3. The van der Waals surface area contributed by atoms with E-state index in [0.717, 1.165) is 30.0 Å². The van der Waals surface area contributed by atoms with Crippen molar-refractivity contribution in [2.45, 2.75) is 45.6 Å². The van der Waals surface area contributed by atoms with Crippen LogP contribution in [0.2, 0.25) is 0 Å². The molecule has 1 aliphatic rings. The van der Waals surface area contributed by atoms with E-state index in [1.807, 2.05) is 6.92 Å². The fourth-order valence-electron chi connectivity index (χ4n) is 3.06. The Morgan fingerprint density at radius 2 is 2.30 bits per heavy atom. The second-order valence-corrected chi connectivity index (χ2v) is 7.35. The SMILES string of the molecule is Cc1nc2c(s1)CCCC2CNC(=O)Cn1cccc(C)c1=O. The fraction of sp³-hybridized carbons (Fsp3) is 0.471. The van der Waals surface area contributed by atoms with E-state index in [0.29, 0.717) is 18.0 Å². The number of hydrogen-bond donors (Lipinski definition) is 1. The van der Waals surface area contributed by atoms with Crippen molar-refractivity contribution < 1.29 is 4.79 Å². The minimum absolute atomic E-state index is 0.0657. The molecular formula is C17H21N3O2S. The lowest BCUT2D eigenvalue weighted by Crippen LogP contribution is -2.35. The predicted molar refractivity (Wildman–Crippen MR) is 91.0 cm³/mol. The maximum absolute atomic E-state index is 12.1. The maximum Gasteiger partial charge on any atom is 0.253 e. The lowest BCUT2D eigenvalue weighted by Gasteiger charge is -2.21. The molecule has 0 saturated carbocycles. The zero-order chi connectivity index (χ0) is 16.4. The summed E-state index contributed by atoms with van der Waals surface area (Å²) < 4.78 is 1.45. The zero-order valence-electron chi connectivity index (χ0n) is 13.5. The number of pyridine rings is 1. The van der Waals surface area contributed by atoms with Crippen LogP contribution in [0.1, 0.15) is 39.9 Å². The second kappa shape index (κ2) is 6.66. The Hall–Kier alpha value is -1.95. The Labute approximate surface area is 139 Å². The Bertz CT molecular complexity index is 778. The summed E-state index contributed by atoms with van der Waals surface area (Å²) in [4.78, 5) is 30.1. The minimum Gasteiger partial charge on any atom is -0.354 e. The van der Waals surface area contributed by atoms with Crippen LogP contribution in [-0.4, -0.2) is 22.0 Å². The van der Waals surface area contributed by atoms with Gasteiger partial charge in [-0.1, -0.05) is 6.07 Å². The van der Waals surface area contributed by atoms with Crippen LogP contribution in [-0.2, 0) is 17.8 Å². The van der Waals surface area contributed by atoms with Gasteiger partial charge in [0, 0.05) is 29.1 Å². The molecule has 0 saturated heterocycles. The molecule has 2 aromatic rings. The van der Waals surface area contributed by atoms with Crippen LogP contribution in [0.15, 0.2) is 23.1 Å². The molecule has 2 aromatic heterocycles. The van der Waals surface area contributed by atoms with Crippen molar-refractivity contribution in [3.05, 3.63) is 49.8 Å². The lowest BCUT2D eigenvalue weighted by molar-refractivity contribution is -0.121. The summed E-state index contributed by atoms with van der Waals surface area (Å²) >= 11 is 1.77. The van der Waals surface area contributed by atoms with Gasteiger partial charge >= 0.3 is 0 Å². The van der Waals surface area contributed by atoms with E-state index in [1.165, 1.54) is 9.44 Å². The highest BCUT2D eigenvalue weighted by atomic mass is 32.1. The molecule has 1 amide bonds. The average Bonchev–Trinajstić information content (AvgIpc) is 2.90. The summed E-state index contributed by atoms with van der Waals surface area (Å²) in [5, 5.41) is 4.06. The van der Waals surface area contributed by atoms with Crippen LogP contribution < -0.4 is 10.9 Å². The molecule has 2 heterocycles.